The lowest BCUT2D eigenvalue weighted by molar-refractivity contribution is -0.161. The number of unbranched alkanes of at least 4 members (excludes halogenated alkanes) is 52. The summed E-state index contributed by atoms with van der Waals surface area (Å²) < 4.78 is 68.6. The Hall–Kier alpha value is -1.94. The molecule has 19 heteroatoms. The van der Waals surface area contributed by atoms with E-state index in [1.54, 1.807) is 0 Å². The Morgan fingerprint density at radius 3 is 0.615 bits per heavy atom. The van der Waals surface area contributed by atoms with E-state index < -0.39 is 97.5 Å². The number of aliphatic hydroxyl groups is 1. The van der Waals surface area contributed by atoms with Crippen molar-refractivity contribution in [1.29, 1.82) is 0 Å². The second kappa shape index (κ2) is 71.5. The van der Waals surface area contributed by atoms with Gasteiger partial charge in [0.25, 0.3) is 0 Å². The molecule has 4 atom stereocenters. The molecule has 0 spiro atoms. The molecule has 0 aliphatic carbocycles. The average molecular weight is 1410 g/mol. The van der Waals surface area contributed by atoms with Crippen LogP contribution >= 0.6 is 15.6 Å². The van der Waals surface area contributed by atoms with Gasteiger partial charge in [-0.2, -0.15) is 0 Å². The first-order valence-electron chi connectivity index (χ1n) is 40.3. The van der Waals surface area contributed by atoms with Gasteiger partial charge in [-0.1, -0.05) is 362 Å². The fourth-order valence-corrected chi connectivity index (χ4v) is 13.5. The first-order valence-corrected chi connectivity index (χ1v) is 43.3. The minimum absolute atomic E-state index is 0.109. The van der Waals surface area contributed by atoms with Crippen molar-refractivity contribution in [1.82, 2.24) is 0 Å². The second-order valence-electron chi connectivity index (χ2n) is 27.7. The van der Waals surface area contributed by atoms with Crippen molar-refractivity contribution in [3.63, 3.8) is 0 Å². The van der Waals surface area contributed by atoms with E-state index in [9.17, 15) is 43.2 Å². The van der Waals surface area contributed by atoms with Gasteiger partial charge in [0.15, 0.2) is 12.2 Å². The van der Waals surface area contributed by atoms with Gasteiger partial charge in [0.1, 0.15) is 19.3 Å². The maximum absolute atomic E-state index is 13.1. The molecule has 0 rings (SSSR count). The van der Waals surface area contributed by atoms with Gasteiger partial charge in [0, 0.05) is 25.7 Å². The van der Waals surface area contributed by atoms with Crippen LogP contribution in [0.15, 0.2) is 0 Å². The average Bonchev–Trinajstić information content (AvgIpc) is 1.14. The molecule has 0 saturated carbocycles. The van der Waals surface area contributed by atoms with E-state index >= 15 is 0 Å². The maximum atomic E-state index is 13.1. The van der Waals surface area contributed by atoms with Crippen LogP contribution in [0.5, 0.6) is 0 Å². The van der Waals surface area contributed by atoms with E-state index in [1.807, 2.05) is 0 Å². The predicted molar refractivity (Wildman–Crippen MR) is 391 cm³/mol. The monoisotopic (exact) mass is 1410 g/mol. The van der Waals surface area contributed by atoms with Gasteiger partial charge in [-0.3, -0.25) is 37.3 Å². The molecule has 2 unspecified atom stereocenters. The molecule has 0 amide bonds. The summed E-state index contributed by atoms with van der Waals surface area (Å²) in [4.78, 5) is 72.9. The zero-order chi connectivity index (χ0) is 70.4. The molecule has 0 fully saturated rings. The van der Waals surface area contributed by atoms with Crippen molar-refractivity contribution in [3.8, 4) is 0 Å². The number of rotatable bonds is 78. The van der Waals surface area contributed by atoms with Crippen molar-refractivity contribution >= 4 is 39.5 Å². The molecule has 0 bridgehead atoms. The molecule has 0 heterocycles. The van der Waals surface area contributed by atoms with Crippen LogP contribution < -0.4 is 0 Å². The smallest absolute Gasteiger partial charge is 0.462 e. The Balaban J connectivity index is 5.25. The molecule has 0 aromatic heterocycles. The van der Waals surface area contributed by atoms with E-state index in [4.69, 9.17) is 37.0 Å². The number of esters is 4. The Morgan fingerprint density at radius 2 is 0.417 bits per heavy atom. The summed E-state index contributed by atoms with van der Waals surface area (Å²) in [6.45, 7) is 5.01. The molecular formula is C77H150O17P2. The molecule has 0 aliphatic rings. The lowest BCUT2D eigenvalue weighted by atomic mass is 10.0. The Morgan fingerprint density at radius 1 is 0.250 bits per heavy atom. The van der Waals surface area contributed by atoms with Crippen LogP contribution in [0.4, 0.5) is 0 Å². The quantitative estimate of drug-likeness (QED) is 0.0222. The molecule has 17 nitrogen and oxygen atoms in total. The van der Waals surface area contributed by atoms with Crippen molar-refractivity contribution in [2.45, 2.75) is 431 Å². The highest BCUT2D eigenvalue weighted by atomic mass is 31.2. The summed E-state index contributed by atoms with van der Waals surface area (Å²) >= 11 is 0. The number of ether oxygens (including phenoxy) is 4. The maximum Gasteiger partial charge on any atom is 0.472 e. The molecule has 96 heavy (non-hydrogen) atoms. The van der Waals surface area contributed by atoms with E-state index in [0.717, 1.165) is 89.9 Å². The standard InChI is InChI=1S/C77H150O17P2/c1-5-9-13-17-21-25-29-33-35-39-41-45-49-53-57-61-74(79)87-67-72(93-76(81)63-59-55-51-47-43-37-31-27-23-19-15-11-7-3)69-91-95(83,84)89-65-71(78)66-90-96(85,86)92-70-73(94-77(82)64-60-56-52-48-44-38-32-28-24-20-16-12-8-4)68-88-75(80)62-58-54-50-46-42-40-36-34-30-26-22-18-14-10-6-2/h71-73,78H,5-70H2,1-4H3,(H,83,84)(H,85,86)/t72-,73-/m1/s1. The van der Waals surface area contributed by atoms with Gasteiger partial charge in [-0.05, 0) is 25.7 Å². The third-order valence-electron chi connectivity index (χ3n) is 18.1. The number of hydrogen-bond donors (Lipinski definition) is 3. The van der Waals surface area contributed by atoms with Gasteiger partial charge in [-0.15, -0.1) is 0 Å². The highest BCUT2D eigenvalue weighted by Gasteiger charge is 2.30. The first kappa shape index (κ1) is 94.1. The van der Waals surface area contributed by atoms with Crippen LogP contribution in [0.25, 0.3) is 0 Å². The van der Waals surface area contributed by atoms with Crippen LogP contribution in [0, 0.1) is 0 Å². The third kappa shape index (κ3) is 70.5. The number of carbonyl (C=O) groups is 4. The molecule has 3 N–H and O–H groups in total. The van der Waals surface area contributed by atoms with Gasteiger partial charge in [-0.25, -0.2) is 9.13 Å². The van der Waals surface area contributed by atoms with E-state index in [0.29, 0.717) is 25.7 Å². The summed E-state index contributed by atoms with van der Waals surface area (Å²) in [6, 6.07) is 0. The van der Waals surface area contributed by atoms with E-state index in [1.165, 1.54) is 244 Å². The van der Waals surface area contributed by atoms with E-state index in [2.05, 4.69) is 27.7 Å². The minimum atomic E-state index is -4.96. The number of hydrogen-bond acceptors (Lipinski definition) is 15. The SMILES string of the molecule is CCCCCCCCCCCCCCCCCC(=O)OC[C@H](COP(=O)(O)OCC(O)COP(=O)(O)OC[C@@H](COC(=O)CCCCCCCCCCCCCCCCC)OC(=O)CCCCCCCCCCCCCCC)OC(=O)CCCCCCCCCCCCCCC. The lowest BCUT2D eigenvalue weighted by Gasteiger charge is -2.21. The highest BCUT2D eigenvalue weighted by molar-refractivity contribution is 7.47. The largest absolute Gasteiger partial charge is 0.472 e. The van der Waals surface area contributed by atoms with Gasteiger partial charge >= 0.3 is 39.5 Å². The Kier molecular flexibility index (Phi) is 70.0. The fourth-order valence-electron chi connectivity index (χ4n) is 11.9. The molecule has 570 valence electrons. The predicted octanol–water partition coefficient (Wildman–Crippen LogP) is 23.0. The first-order chi connectivity index (χ1) is 46.7. The Labute approximate surface area is 588 Å². The summed E-state index contributed by atoms with van der Waals surface area (Å²) in [6.07, 6.45) is 62.1. The van der Waals surface area contributed by atoms with Crippen LogP contribution in [0.1, 0.15) is 413 Å². The fraction of sp³-hybridized carbons (Fsp3) is 0.948. The summed E-state index contributed by atoms with van der Waals surface area (Å²) in [5, 5.41) is 10.6. The summed E-state index contributed by atoms with van der Waals surface area (Å²) in [5.41, 5.74) is 0. The third-order valence-corrected chi connectivity index (χ3v) is 20.0. The Bertz CT molecular complexity index is 1700. The van der Waals surface area contributed by atoms with Gasteiger partial charge < -0.3 is 33.8 Å². The summed E-state index contributed by atoms with van der Waals surface area (Å²) in [7, 11) is -9.91. The topological polar surface area (TPSA) is 237 Å². The van der Waals surface area contributed by atoms with Crippen molar-refractivity contribution in [2.24, 2.45) is 0 Å². The summed E-state index contributed by atoms with van der Waals surface area (Å²) in [5.74, 6) is -2.11. The minimum Gasteiger partial charge on any atom is -0.462 e. The zero-order valence-corrected chi connectivity index (χ0v) is 64.1. The number of carbonyl (C=O) groups excluding carboxylic acids is 4. The van der Waals surface area contributed by atoms with Crippen LogP contribution in [-0.2, 0) is 65.4 Å². The zero-order valence-electron chi connectivity index (χ0n) is 62.4. The van der Waals surface area contributed by atoms with E-state index in [-0.39, 0.29) is 25.7 Å². The van der Waals surface area contributed by atoms with Crippen LogP contribution in [0.3, 0.4) is 0 Å². The van der Waals surface area contributed by atoms with Crippen LogP contribution in [0.2, 0.25) is 0 Å². The van der Waals surface area contributed by atoms with Gasteiger partial charge in [0.05, 0.1) is 26.4 Å². The molecule has 0 aromatic carbocycles. The van der Waals surface area contributed by atoms with Crippen LogP contribution in [-0.4, -0.2) is 96.7 Å². The number of phosphoric ester groups is 2. The second-order valence-corrected chi connectivity index (χ2v) is 30.7. The van der Waals surface area contributed by atoms with Crippen molar-refractivity contribution < 1.29 is 80.2 Å². The molecule has 0 radical (unpaired) electrons. The molecule has 0 aliphatic heterocycles. The number of aliphatic hydroxyl groups excluding tert-OH is 1. The number of phosphoric acid groups is 2. The van der Waals surface area contributed by atoms with Crippen molar-refractivity contribution in [2.75, 3.05) is 39.6 Å². The lowest BCUT2D eigenvalue weighted by Crippen LogP contribution is -2.30. The molecule has 0 aromatic rings. The molecular weight excluding hydrogens is 1260 g/mol. The normalized spacial score (nSPS) is 13.9. The van der Waals surface area contributed by atoms with Crippen molar-refractivity contribution in [3.05, 3.63) is 0 Å². The van der Waals surface area contributed by atoms with Gasteiger partial charge in [0.2, 0.25) is 0 Å². The highest BCUT2D eigenvalue weighted by Crippen LogP contribution is 2.45. The molecule has 0 saturated heterocycles.